The molecule has 0 aliphatic carbocycles. The van der Waals surface area contributed by atoms with E-state index >= 15 is 0 Å². The first-order valence-electron chi connectivity index (χ1n) is 6.04. The fourth-order valence-corrected chi connectivity index (χ4v) is 2.99. The molecule has 0 unspecified atom stereocenters. The van der Waals surface area contributed by atoms with E-state index in [4.69, 9.17) is 4.74 Å². The lowest BCUT2D eigenvalue weighted by atomic mass is 10.2. The Bertz CT molecular complexity index is 619. The summed E-state index contributed by atoms with van der Waals surface area (Å²) in [5.74, 6) is -0.167. The molecule has 0 radical (unpaired) electrons. The van der Waals surface area contributed by atoms with Crippen LogP contribution in [0, 0.1) is 13.8 Å². The molecule has 7 heteroatoms. The van der Waals surface area contributed by atoms with E-state index in [1.807, 2.05) is 26.2 Å². The summed E-state index contributed by atoms with van der Waals surface area (Å²) in [4.78, 5) is 21.2. The van der Waals surface area contributed by atoms with Crippen LogP contribution in [0.1, 0.15) is 28.0 Å². The predicted octanol–water partition coefficient (Wildman–Crippen LogP) is 3.57. The molecule has 0 aliphatic rings. The number of thiophene rings is 1. The highest BCUT2D eigenvalue weighted by molar-refractivity contribution is 9.10. The number of aryl methyl sites for hydroxylation is 2. The summed E-state index contributed by atoms with van der Waals surface area (Å²) < 4.78 is 6.17. The van der Waals surface area contributed by atoms with Crippen molar-refractivity contribution in [3.63, 3.8) is 0 Å². The van der Waals surface area contributed by atoms with Crippen LogP contribution in [0.15, 0.2) is 15.9 Å². The zero-order valence-electron chi connectivity index (χ0n) is 11.4. The first-order valence-corrected chi connectivity index (χ1v) is 7.72. The monoisotopic (exact) mass is 355 g/mol. The molecule has 0 bridgehead atoms. The van der Waals surface area contributed by atoms with E-state index in [1.54, 1.807) is 6.07 Å². The molecule has 2 aromatic rings. The van der Waals surface area contributed by atoms with Gasteiger partial charge in [0.05, 0.1) is 28.6 Å². The van der Waals surface area contributed by atoms with Gasteiger partial charge in [-0.1, -0.05) is 0 Å². The Morgan fingerprint density at radius 3 is 2.55 bits per heavy atom. The van der Waals surface area contributed by atoms with Gasteiger partial charge in [0.25, 0.3) is 5.91 Å². The van der Waals surface area contributed by atoms with E-state index in [0.29, 0.717) is 34.6 Å². The Morgan fingerprint density at radius 2 is 2.05 bits per heavy atom. The van der Waals surface area contributed by atoms with Crippen molar-refractivity contribution >= 4 is 38.9 Å². The fraction of sp³-hybridized carbons (Fsp3) is 0.308. The summed E-state index contributed by atoms with van der Waals surface area (Å²) in [5.41, 5.74) is 2.00. The Hall–Kier alpha value is -1.47. The number of nitrogens with zero attached hydrogens (tertiary/aromatic N) is 2. The molecule has 20 heavy (non-hydrogen) atoms. The molecule has 1 amide bonds. The molecule has 0 aromatic carbocycles. The molecule has 2 aromatic heterocycles. The Kier molecular flexibility index (Phi) is 4.72. The number of nitrogens with one attached hydrogen (secondary N) is 1. The number of halogens is 1. The molecule has 106 valence electrons. The van der Waals surface area contributed by atoms with Crippen molar-refractivity contribution < 1.29 is 9.53 Å². The third kappa shape index (κ3) is 3.34. The van der Waals surface area contributed by atoms with Crippen LogP contribution in [0.25, 0.3) is 0 Å². The van der Waals surface area contributed by atoms with E-state index in [1.165, 1.54) is 11.3 Å². The fourth-order valence-electron chi connectivity index (χ4n) is 1.67. The SMILES string of the molecule is CCOc1nc(C)c(NC(=O)c2cc(Br)cs2)c(C)n1. The highest BCUT2D eigenvalue weighted by atomic mass is 79.9. The highest BCUT2D eigenvalue weighted by Crippen LogP contribution is 2.23. The number of ether oxygens (including phenoxy) is 1. The highest BCUT2D eigenvalue weighted by Gasteiger charge is 2.14. The third-order valence-electron chi connectivity index (χ3n) is 2.55. The summed E-state index contributed by atoms with van der Waals surface area (Å²) in [5, 5.41) is 4.71. The number of aromatic nitrogens is 2. The van der Waals surface area contributed by atoms with Crippen molar-refractivity contribution in [2.24, 2.45) is 0 Å². The maximum Gasteiger partial charge on any atom is 0.316 e. The largest absolute Gasteiger partial charge is 0.464 e. The first kappa shape index (κ1) is 14.9. The van der Waals surface area contributed by atoms with Crippen LogP contribution >= 0.6 is 27.3 Å². The molecular formula is C13H14BrN3O2S. The van der Waals surface area contributed by atoms with Gasteiger partial charge in [0.2, 0.25) is 0 Å². The van der Waals surface area contributed by atoms with Gasteiger partial charge >= 0.3 is 6.01 Å². The minimum absolute atomic E-state index is 0.167. The van der Waals surface area contributed by atoms with Crippen LogP contribution in [0.3, 0.4) is 0 Å². The zero-order valence-corrected chi connectivity index (χ0v) is 13.8. The van der Waals surface area contributed by atoms with Gasteiger partial charge in [-0.05, 0) is 42.8 Å². The lowest BCUT2D eigenvalue weighted by molar-refractivity contribution is 0.103. The number of amides is 1. The molecule has 2 heterocycles. The van der Waals surface area contributed by atoms with Crippen LogP contribution in [0.2, 0.25) is 0 Å². The van der Waals surface area contributed by atoms with Crippen molar-refractivity contribution in [1.29, 1.82) is 0 Å². The van der Waals surface area contributed by atoms with Crippen LogP contribution in [0.4, 0.5) is 5.69 Å². The molecule has 2 rings (SSSR count). The number of hydrogen-bond acceptors (Lipinski definition) is 5. The summed E-state index contributed by atoms with van der Waals surface area (Å²) in [6.07, 6.45) is 0. The zero-order chi connectivity index (χ0) is 14.7. The van der Waals surface area contributed by atoms with E-state index in [2.05, 4.69) is 31.2 Å². The van der Waals surface area contributed by atoms with E-state index < -0.39 is 0 Å². The average molecular weight is 356 g/mol. The number of hydrogen-bond donors (Lipinski definition) is 1. The predicted molar refractivity (Wildman–Crippen MR) is 82.6 cm³/mol. The molecule has 0 aliphatic heterocycles. The Morgan fingerprint density at radius 1 is 1.40 bits per heavy atom. The second kappa shape index (κ2) is 6.32. The standard InChI is InChI=1S/C13H14BrN3O2S/c1-4-19-13-15-7(2)11(8(3)16-13)17-12(18)10-5-9(14)6-20-10/h5-6H,4H2,1-3H3,(H,17,18). The summed E-state index contributed by atoms with van der Waals surface area (Å²) >= 11 is 4.71. The van der Waals surface area contributed by atoms with Gasteiger partial charge in [-0.15, -0.1) is 11.3 Å². The number of rotatable bonds is 4. The molecule has 0 atom stereocenters. The molecule has 0 saturated heterocycles. The van der Waals surface area contributed by atoms with Crippen LogP contribution < -0.4 is 10.1 Å². The molecule has 1 N–H and O–H groups in total. The molecule has 5 nitrogen and oxygen atoms in total. The maximum absolute atomic E-state index is 12.1. The lowest BCUT2D eigenvalue weighted by Crippen LogP contribution is -2.14. The van der Waals surface area contributed by atoms with Crippen molar-refractivity contribution in [3.05, 3.63) is 32.2 Å². The number of carbonyl (C=O) groups excluding carboxylic acids is 1. The summed E-state index contributed by atoms with van der Waals surface area (Å²) in [6, 6.07) is 2.11. The van der Waals surface area contributed by atoms with Gasteiger partial charge in [-0.25, -0.2) is 0 Å². The van der Waals surface area contributed by atoms with Gasteiger partial charge in [0, 0.05) is 9.85 Å². The second-order valence-electron chi connectivity index (χ2n) is 4.07. The normalized spacial score (nSPS) is 10.4. The smallest absolute Gasteiger partial charge is 0.316 e. The topological polar surface area (TPSA) is 64.1 Å². The van der Waals surface area contributed by atoms with Crippen molar-refractivity contribution in [2.75, 3.05) is 11.9 Å². The van der Waals surface area contributed by atoms with Gasteiger partial charge in [-0.3, -0.25) is 4.79 Å². The Labute approximate surface area is 129 Å². The van der Waals surface area contributed by atoms with E-state index in [0.717, 1.165) is 4.47 Å². The number of anilines is 1. The Balaban J connectivity index is 2.23. The number of carbonyl (C=O) groups is 1. The van der Waals surface area contributed by atoms with Gasteiger partial charge in [0.1, 0.15) is 0 Å². The minimum Gasteiger partial charge on any atom is -0.464 e. The quantitative estimate of drug-likeness (QED) is 0.910. The van der Waals surface area contributed by atoms with E-state index in [9.17, 15) is 4.79 Å². The molecular weight excluding hydrogens is 342 g/mol. The van der Waals surface area contributed by atoms with E-state index in [-0.39, 0.29) is 5.91 Å². The maximum atomic E-state index is 12.1. The van der Waals surface area contributed by atoms with Gasteiger partial charge in [-0.2, -0.15) is 9.97 Å². The first-order chi connectivity index (χ1) is 9.51. The van der Waals surface area contributed by atoms with Crippen LogP contribution in [-0.2, 0) is 0 Å². The lowest BCUT2D eigenvalue weighted by Gasteiger charge is -2.11. The van der Waals surface area contributed by atoms with Gasteiger partial charge in [0.15, 0.2) is 0 Å². The van der Waals surface area contributed by atoms with Crippen molar-refractivity contribution in [3.8, 4) is 6.01 Å². The molecule has 0 fully saturated rings. The van der Waals surface area contributed by atoms with Crippen LogP contribution in [0.5, 0.6) is 6.01 Å². The summed E-state index contributed by atoms with van der Waals surface area (Å²) in [7, 11) is 0. The molecule has 0 spiro atoms. The molecule has 0 saturated carbocycles. The second-order valence-corrected chi connectivity index (χ2v) is 5.90. The van der Waals surface area contributed by atoms with Crippen molar-refractivity contribution in [2.45, 2.75) is 20.8 Å². The third-order valence-corrected chi connectivity index (χ3v) is 4.24. The van der Waals surface area contributed by atoms with Crippen molar-refractivity contribution in [1.82, 2.24) is 9.97 Å². The average Bonchev–Trinajstić information content (AvgIpc) is 2.81. The van der Waals surface area contributed by atoms with Gasteiger partial charge < -0.3 is 10.1 Å². The summed E-state index contributed by atoms with van der Waals surface area (Å²) in [6.45, 7) is 6.01. The minimum atomic E-state index is -0.167. The van der Waals surface area contributed by atoms with Crippen LogP contribution in [-0.4, -0.2) is 22.5 Å².